The van der Waals surface area contributed by atoms with Gasteiger partial charge in [-0.2, -0.15) is 0 Å². The first-order valence-electron chi connectivity index (χ1n) is 10.5. The molecule has 1 unspecified atom stereocenters. The summed E-state index contributed by atoms with van der Waals surface area (Å²) in [4.78, 5) is 8.51. The summed E-state index contributed by atoms with van der Waals surface area (Å²) >= 11 is 0. The summed E-state index contributed by atoms with van der Waals surface area (Å²) in [5.74, 6) is 3.67. The predicted molar refractivity (Wildman–Crippen MR) is 120 cm³/mol. The van der Waals surface area contributed by atoms with Gasteiger partial charge < -0.3 is 20.4 Å². The highest BCUT2D eigenvalue weighted by atomic mass is 16.5. The number of hydrogen-bond donors (Lipinski definition) is 2. The van der Waals surface area contributed by atoms with Gasteiger partial charge in [0, 0.05) is 55.0 Å². The summed E-state index contributed by atoms with van der Waals surface area (Å²) in [7, 11) is 0. The number of hydrogen-bond acceptors (Lipinski definition) is 7. The molecule has 3 N–H and O–H groups in total. The molecule has 8 heteroatoms. The van der Waals surface area contributed by atoms with Crippen LogP contribution in [0.2, 0.25) is 0 Å². The van der Waals surface area contributed by atoms with Gasteiger partial charge in [0.05, 0.1) is 6.61 Å². The van der Waals surface area contributed by atoms with E-state index in [9.17, 15) is 0 Å². The SMILES string of the molecule is Cc1nnc2n1CCC(COc1cc(CNc3ccc4c(N)nccc4c3)ccn1)C2. The van der Waals surface area contributed by atoms with Crippen molar-refractivity contribution in [3.05, 3.63) is 66.0 Å². The van der Waals surface area contributed by atoms with Crippen LogP contribution >= 0.6 is 0 Å². The summed E-state index contributed by atoms with van der Waals surface area (Å²) in [6.45, 7) is 4.26. The van der Waals surface area contributed by atoms with Gasteiger partial charge in [-0.25, -0.2) is 9.97 Å². The maximum Gasteiger partial charge on any atom is 0.213 e. The Hall–Kier alpha value is -3.68. The molecule has 1 aliphatic rings. The fourth-order valence-electron chi connectivity index (χ4n) is 4.04. The van der Waals surface area contributed by atoms with Gasteiger partial charge in [-0.05, 0) is 54.6 Å². The molecule has 3 aromatic heterocycles. The van der Waals surface area contributed by atoms with E-state index in [1.165, 1.54) is 0 Å². The summed E-state index contributed by atoms with van der Waals surface area (Å²) < 4.78 is 8.21. The number of anilines is 2. The fraction of sp³-hybridized carbons (Fsp3) is 0.304. The number of nitrogens with two attached hydrogens (primary N) is 1. The second-order valence-corrected chi connectivity index (χ2v) is 7.97. The van der Waals surface area contributed by atoms with Crippen LogP contribution in [0.5, 0.6) is 5.88 Å². The molecule has 0 fully saturated rings. The van der Waals surface area contributed by atoms with Crippen LogP contribution in [0, 0.1) is 12.8 Å². The molecule has 31 heavy (non-hydrogen) atoms. The number of nitrogen functional groups attached to an aromatic ring is 1. The second-order valence-electron chi connectivity index (χ2n) is 7.97. The van der Waals surface area contributed by atoms with Gasteiger partial charge in [-0.15, -0.1) is 10.2 Å². The molecule has 8 nitrogen and oxygen atoms in total. The minimum atomic E-state index is 0.430. The van der Waals surface area contributed by atoms with Gasteiger partial charge in [0.2, 0.25) is 5.88 Å². The van der Waals surface area contributed by atoms with Crippen molar-refractivity contribution in [1.82, 2.24) is 24.7 Å². The summed E-state index contributed by atoms with van der Waals surface area (Å²) in [5, 5.41) is 13.9. The third-order valence-corrected chi connectivity index (χ3v) is 5.80. The smallest absolute Gasteiger partial charge is 0.213 e. The van der Waals surface area contributed by atoms with Gasteiger partial charge >= 0.3 is 0 Å². The van der Waals surface area contributed by atoms with E-state index >= 15 is 0 Å². The van der Waals surface area contributed by atoms with Crippen LogP contribution in [-0.2, 0) is 19.5 Å². The minimum absolute atomic E-state index is 0.430. The van der Waals surface area contributed by atoms with Crippen molar-refractivity contribution >= 4 is 22.3 Å². The van der Waals surface area contributed by atoms with Gasteiger partial charge in [-0.3, -0.25) is 0 Å². The summed E-state index contributed by atoms with van der Waals surface area (Å²) in [5.41, 5.74) is 8.07. The van der Waals surface area contributed by atoms with E-state index in [0.29, 0.717) is 30.8 Å². The number of rotatable bonds is 6. The molecule has 0 saturated heterocycles. The highest BCUT2D eigenvalue weighted by Crippen LogP contribution is 2.24. The van der Waals surface area contributed by atoms with E-state index in [1.54, 1.807) is 12.4 Å². The lowest BCUT2D eigenvalue weighted by Crippen LogP contribution is -2.25. The number of ether oxygens (including phenoxy) is 1. The minimum Gasteiger partial charge on any atom is -0.477 e. The molecule has 4 heterocycles. The Morgan fingerprint density at radius 3 is 2.97 bits per heavy atom. The maximum absolute atomic E-state index is 6.01. The van der Waals surface area contributed by atoms with Crippen molar-refractivity contribution in [3.63, 3.8) is 0 Å². The molecule has 1 aliphatic heterocycles. The Balaban J connectivity index is 1.19. The lowest BCUT2D eigenvalue weighted by Gasteiger charge is -2.23. The lowest BCUT2D eigenvalue weighted by atomic mass is 9.99. The second kappa shape index (κ2) is 8.22. The molecule has 0 spiro atoms. The number of benzene rings is 1. The first kappa shape index (κ1) is 19.3. The normalized spacial score (nSPS) is 15.6. The van der Waals surface area contributed by atoms with E-state index in [-0.39, 0.29) is 0 Å². The quantitative estimate of drug-likeness (QED) is 0.497. The molecule has 1 atom stereocenters. The van der Waals surface area contributed by atoms with Crippen LogP contribution < -0.4 is 15.8 Å². The van der Waals surface area contributed by atoms with E-state index in [2.05, 4.69) is 36.1 Å². The first-order valence-corrected chi connectivity index (χ1v) is 10.5. The zero-order valence-corrected chi connectivity index (χ0v) is 17.5. The molecule has 0 saturated carbocycles. The average Bonchev–Trinajstić information content (AvgIpc) is 3.17. The Labute approximate surface area is 180 Å². The number of aryl methyl sites for hydroxylation is 1. The third-order valence-electron chi connectivity index (χ3n) is 5.80. The largest absolute Gasteiger partial charge is 0.477 e. The summed E-state index contributed by atoms with van der Waals surface area (Å²) in [6, 6.07) is 12.0. The Bertz CT molecular complexity index is 1220. The molecule has 0 bridgehead atoms. The van der Waals surface area contributed by atoms with Crippen molar-refractivity contribution < 1.29 is 4.74 Å². The van der Waals surface area contributed by atoms with E-state index in [4.69, 9.17) is 10.5 Å². The standard InChI is InChI=1S/C23H25N7O/c1-15-28-29-21-10-17(6-9-30(15)21)14-31-22-11-16(4-7-25-22)13-27-19-2-3-20-18(12-19)5-8-26-23(20)24/h2-5,7-8,11-12,17,27H,6,9-10,13-14H2,1H3,(H2,24,26). The number of nitrogens with zero attached hydrogens (tertiary/aromatic N) is 5. The van der Waals surface area contributed by atoms with Gasteiger partial charge in [0.25, 0.3) is 0 Å². The molecule has 4 aromatic rings. The highest BCUT2D eigenvalue weighted by Gasteiger charge is 2.22. The van der Waals surface area contributed by atoms with Crippen molar-refractivity contribution in [1.29, 1.82) is 0 Å². The number of fused-ring (bicyclic) bond motifs is 2. The summed E-state index contributed by atoms with van der Waals surface area (Å²) in [6.07, 6.45) is 5.48. The van der Waals surface area contributed by atoms with Crippen LogP contribution in [0.25, 0.3) is 10.8 Å². The lowest BCUT2D eigenvalue weighted by molar-refractivity contribution is 0.211. The predicted octanol–water partition coefficient (Wildman–Crippen LogP) is 3.37. The van der Waals surface area contributed by atoms with E-state index in [0.717, 1.165) is 53.1 Å². The number of aromatic nitrogens is 5. The highest BCUT2D eigenvalue weighted by molar-refractivity contribution is 5.92. The molecular formula is C23H25N7O. The van der Waals surface area contributed by atoms with Gasteiger partial charge in [0.15, 0.2) is 0 Å². The third kappa shape index (κ3) is 4.14. The van der Waals surface area contributed by atoms with E-state index < -0.39 is 0 Å². The van der Waals surface area contributed by atoms with Crippen LogP contribution in [0.1, 0.15) is 23.6 Å². The van der Waals surface area contributed by atoms with Crippen molar-refractivity contribution in [3.8, 4) is 5.88 Å². The molecule has 0 aliphatic carbocycles. The fourth-order valence-corrected chi connectivity index (χ4v) is 4.04. The number of nitrogens with one attached hydrogen (secondary N) is 1. The first-order chi connectivity index (χ1) is 15.2. The van der Waals surface area contributed by atoms with E-state index in [1.807, 2.05) is 37.3 Å². The van der Waals surface area contributed by atoms with Crippen molar-refractivity contribution in [2.45, 2.75) is 32.9 Å². The molecule has 158 valence electrons. The van der Waals surface area contributed by atoms with Crippen molar-refractivity contribution in [2.24, 2.45) is 5.92 Å². The Morgan fingerprint density at radius 1 is 1.13 bits per heavy atom. The molecule has 0 amide bonds. The molecule has 1 aromatic carbocycles. The topological polar surface area (TPSA) is 104 Å². The zero-order chi connectivity index (χ0) is 21.2. The monoisotopic (exact) mass is 415 g/mol. The van der Waals surface area contributed by atoms with Crippen molar-refractivity contribution in [2.75, 3.05) is 17.7 Å². The maximum atomic E-state index is 6.01. The van der Waals surface area contributed by atoms with Crippen LogP contribution in [0.3, 0.4) is 0 Å². The zero-order valence-electron chi connectivity index (χ0n) is 17.5. The average molecular weight is 416 g/mol. The van der Waals surface area contributed by atoms with Crippen LogP contribution in [-0.4, -0.2) is 31.3 Å². The van der Waals surface area contributed by atoms with Crippen LogP contribution in [0.15, 0.2) is 48.8 Å². The molecular weight excluding hydrogens is 390 g/mol. The van der Waals surface area contributed by atoms with Crippen LogP contribution in [0.4, 0.5) is 11.5 Å². The van der Waals surface area contributed by atoms with Gasteiger partial charge in [0.1, 0.15) is 17.5 Å². The molecule has 0 radical (unpaired) electrons. The Kier molecular flexibility index (Phi) is 5.11. The molecule has 5 rings (SSSR count). The Morgan fingerprint density at radius 2 is 2.03 bits per heavy atom. The van der Waals surface area contributed by atoms with Gasteiger partial charge in [-0.1, -0.05) is 0 Å². The number of pyridine rings is 2.